The lowest BCUT2D eigenvalue weighted by Gasteiger charge is -2.31. The fraction of sp³-hybridized carbons (Fsp3) is 0.571. The summed E-state index contributed by atoms with van der Waals surface area (Å²) in [6.45, 7) is 2.56. The van der Waals surface area contributed by atoms with Gasteiger partial charge in [0.2, 0.25) is 10.0 Å². The summed E-state index contributed by atoms with van der Waals surface area (Å²) in [4.78, 5) is 0.316. The van der Waals surface area contributed by atoms with E-state index >= 15 is 0 Å². The summed E-state index contributed by atoms with van der Waals surface area (Å²) in [6, 6.07) is 8.38. The molecule has 1 aliphatic carbocycles. The van der Waals surface area contributed by atoms with Crippen molar-refractivity contribution >= 4 is 10.0 Å². The number of benzene rings is 1. The monoisotopic (exact) mass is 283 g/mol. The van der Waals surface area contributed by atoms with Gasteiger partial charge in [0.15, 0.2) is 0 Å². The Morgan fingerprint density at radius 3 is 2.58 bits per heavy atom. The molecule has 0 heterocycles. The number of sulfonamides is 1. The minimum atomic E-state index is -3.44. The van der Waals surface area contributed by atoms with Crippen molar-refractivity contribution in [1.82, 2.24) is 4.72 Å². The molecular weight excluding hydrogens is 262 g/mol. The van der Waals surface area contributed by atoms with Crippen molar-refractivity contribution in [2.24, 2.45) is 0 Å². The van der Waals surface area contributed by atoms with E-state index in [1.165, 1.54) is 0 Å². The van der Waals surface area contributed by atoms with Crippen molar-refractivity contribution < 1.29 is 13.2 Å². The SMILES string of the molecule is CCO[C@@H]1CCCC[C@H]1NS(=O)(=O)c1ccccc1. The maximum Gasteiger partial charge on any atom is 0.240 e. The molecule has 1 saturated carbocycles. The highest BCUT2D eigenvalue weighted by Crippen LogP contribution is 2.23. The van der Waals surface area contributed by atoms with Gasteiger partial charge in [-0.25, -0.2) is 13.1 Å². The van der Waals surface area contributed by atoms with Crippen molar-refractivity contribution in [3.05, 3.63) is 30.3 Å². The zero-order valence-electron chi connectivity index (χ0n) is 11.2. The Balaban J connectivity index is 2.10. The Hall–Kier alpha value is -0.910. The van der Waals surface area contributed by atoms with Gasteiger partial charge in [0.05, 0.1) is 11.0 Å². The zero-order chi connectivity index (χ0) is 13.7. The van der Waals surface area contributed by atoms with Gasteiger partial charge in [0.25, 0.3) is 0 Å². The molecule has 0 bridgehead atoms. The second kappa shape index (κ2) is 6.50. The number of hydrogen-bond acceptors (Lipinski definition) is 3. The molecule has 0 aliphatic heterocycles. The zero-order valence-corrected chi connectivity index (χ0v) is 12.0. The molecule has 1 N–H and O–H groups in total. The average molecular weight is 283 g/mol. The molecule has 0 spiro atoms. The third kappa shape index (κ3) is 3.78. The van der Waals surface area contributed by atoms with Crippen LogP contribution in [0.5, 0.6) is 0 Å². The van der Waals surface area contributed by atoms with E-state index in [0.29, 0.717) is 11.5 Å². The van der Waals surface area contributed by atoms with Crippen LogP contribution in [0.15, 0.2) is 35.2 Å². The van der Waals surface area contributed by atoms with E-state index in [4.69, 9.17) is 4.74 Å². The first-order valence-corrected chi connectivity index (χ1v) is 8.31. The predicted octanol–water partition coefficient (Wildman–Crippen LogP) is 2.31. The molecule has 4 nitrogen and oxygen atoms in total. The van der Waals surface area contributed by atoms with Crippen LogP contribution in [-0.4, -0.2) is 27.2 Å². The highest BCUT2D eigenvalue weighted by molar-refractivity contribution is 7.89. The molecule has 0 radical (unpaired) electrons. The third-order valence-corrected chi connectivity index (χ3v) is 4.95. The summed E-state index contributed by atoms with van der Waals surface area (Å²) >= 11 is 0. The second-order valence-corrected chi connectivity index (χ2v) is 6.53. The van der Waals surface area contributed by atoms with Crippen LogP contribution in [-0.2, 0) is 14.8 Å². The number of ether oxygens (including phenoxy) is 1. The highest BCUT2D eigenvalue weighted by Gasteiger charge is 2.29. The van der Waals surface area contributed by atoms with Gasteiger partial charge in [-0.2, -0.15) is 0 Å². The van der Waals surface area contributed by atoms with Crippen molar-refractivity contribution in [2.45, 2.75) is 49.6 Å². The smallest absolute Gasteiger partial charge is 0.240 e. The standard InChI is InChI=1S/C14H21NO3S/c1-2-18-14-11-7-6-10-13(14)15-19(16,17)12-8-4-3-5-9-12/h3-5,8-9,13-15H,2,6-7,10-11H2,1H3/t13-,14-/m1/s1. The molecule has 19 heavy (non-hydrogen) atoms. The molecule has 0 unspecified atom stereocenters. The lowest BCUT2D eigenvalue weighted by atomic mass is 9.93. The van der Waals surface area contributed by atoms with E-state index in [1.807, 2.05) is 13.0 Å². The Morgan fingerprint density at radius 2 is 1.89 bits per heavy atom. The van der Waals surface area contributed by atoms with Gasteiger partial charge in [0, 0.05) is 12.6 Å². The minimum absolute atomic E-state index is 0.00256. The summed E-state index contributed by atoms with van der Waals surface area (Å²) in [7, 11) is -3.44. The first-order chi connectivity index (χ1) is 9.13. The second-order valence-electron chi connectivity index (χ2n) is 4.82. The molecule has 1 aliphatic rings. The third-order valence-electron chi connectivity index (χ3n) is 3.44. The van der Waals surface area contributed by atoms with Gasteiger partial charge in [0.1, 0.15) is 0 Å². The van der Waals surface area contributed by atoms with Crippen molar-refractivity contribution in [1.29, 1.82) is 0 Å². The average Bonchev–Trinajstić information content (AvgIpc) is 2.42. The normalized spacial score (nSPS) is 24.3. The lowest BCUT2D eigenvalue weighted by molar-refractivity contribution is 0.0184. The van der Waals surface area contributed by atoms with Crippen LogP contribution in [0.4, 0.5) is 0 Å². The maximum atomic E-state index is 12.3. The van der Waals surface area contributed by atoms with Crippen LogP contribution in [0.25, 0.3) is 0 Å². The molecule has 1 fully saturated rings. The van der Waals surface area contributed by atoms with E-state index in [-0.39, 0.29) is 12.1 Å². The number of rotatable bonds is 5. The summed E-state index contributed by atoms with van der Waals surface area (Å²) in [6.07, 6.45) is 3.92. The Kier molecular flexibility index (Phi) is 4.96. The molecule has 2 rings (SSSR count). The van der Waals surface area contributed by atoms with E-state index in [2.05, 4.69) is 4.72 Å². The molecule has 0 amide bonds. The van der Waals surface area contributed by atoms with Crippen LogP contribution in [0.1, 0.15) is 32.6 Å². The van der Waals surface area contributed by atoms with Crippen LogP contribution in [0.2, 0.25) is 0 Å². The first kappa shape index (κ1) is 14.5. The Labute approximate surface area is 115 Å². The summed E-state index contributed by atoms with van der Waals surface area (Å²) in [5.41, 5.74) is 0. The van der Waals surface area contributed by atoms with E-state index < -0.39 is 10.0 Å². The van der Waals surface area contributed by atoms with Gasteiger partial charge in [-0.15, -0.1) is 0 Å². The van der Waals surface area contributed by atoms with Crippen LogP contribution in [0, 0.1) is 0 Å². The van der Waals surface area contributed by atoms with Crippen molar-refractivity contribution in [2.75, 3.05) is 6.61 Å². The van der Waals surface area contributed by atoms with Crippen LogP contribution >= 0.6 is 0 Å². The highest BCUT2D eigenvalue weighted by atomic mass is 32.2. The van der Waals surface area contributed by atoms with Gasteiger partial charge in [-0.1, -0.05) is 31.0 Å². The number of nitrogens with one attached hydrogen (secondary N) is 1. The summed E-state index contributed by atoms with van der Waals surface area (Å²) in [5.74, 6) is 0. The fourth-order valence-corrected chi connectivity index (χ4v) is 3.83. The molecule has 1 aromatic carbocycles. The van der Waals surface area contributed by atoms with Crippen molar-refractivity contribution in [3.63, 3.8) is 0 Å². The molecule has 0 aromatic heterocycles. The molecule has 0 saturated heterocycles. The maximum absolute atomic E-state index is 12.3. The van der Waals surface area contributed by atoms with E-state index in [9.17, 15) is 8.42 Å². The Bertz CT molecular complexity index is 485. The quantitative estimate of drug-likeness (QED) is 0.902. The van der Waals surface area contributed by atoms with Gasteiger partial charge in [-0.3, -0.25) is 0 Å². The first-order valence-electron chi connectivity index (χ1n) is 6.82. The fourth-order valence-electron chi connectivity index (χ4n) is 2.51. The van der Waals surface area contributed by atoms with Crippen molar-refractivity contribution in [3.8, 4) is 0 Å². The van der Waals surface area contributed by atoms with Gasteiger partial charge < -0.3 is 4.74 Å². The minimum Gasteiger partial charge on any atom is -0.377 e. The Morgan fingerprint density at radius 1 is 1.21 bits per heavy atom. The van der Waals surface area contributed by atoms with Gasteiger partial charge >= 0.3 is 0 Å². The van der Waals surface area contributed by atoms with Crippen LogP contribution < -0.4 is 4.72 Å². The molecule has 5 heteroatoms. The van der Waals surface area contributed by atoms with E-state index in [0.717, 1.165) is 25.7 Å². The predicted molar refractivity (Wildman–Crippen MR) is 74.4 cm³/mol. The van der Waals surface area contributed by atoms with Crippen LogP contribution in [0.3, 0.4) is 0 Å². The lowest BCUT2D eigenvalue weighted by Crippen LogP contribution is -2.46. The van der Waals surface area contributed by atoms with Gasteiger partial charge in [-0.05, 0) is 31.9 Å². The summed E-state index contributed by atoms with van der Waals surface area (Å²) < 4.78 is 33.0. The topological polar surface area (TPSA) is 55.4 Å². The largest absolute Gasteiger partial charge is 0.377 e. The molecule has 2 atom stereocenters. The molecular formula is C14H21NO3S. The number of hydrogen-bond donors (Lipinski definition) is 1. The summed E-state index contributed by atoms with van der Waals surface area (Å²) in [5, 5.41) is 0. The molecule has 1 aromatic rings. The molecule has 106 valence electrons. The van der Waals surface area contributed by atoms with E-state index in [1.54, 1.807) is 24.3 Å².